The van der Waals surface area contributed by atoms with Crippen LogP contribution in [0.25, 0.3) is 0 Å². The molecule has 1 aromatic carbocycles. The molecule has 3 rings (SSSR count). The van der Waals surface area contributed by atoms with Crippen molar-refractivity contribution < 1.29 is 23.8 Å². The number of hydrogen-bond donors (Lipinski definition) is 1. The lowest BCUT2D eigenvalue weighted by atomic mass is 10.1. The molecule has 0 bridgehead atoms. The van der Waals surface area contributed by atoms with Gasteiger partial charge in [0.1, 0.15) is 0 Å². The number of aliphatic hydroxyl groups excluding tert-OH is 1. The number of benzene rings is 1. The zero-order chi connectivity index (χ0) is 16.4. The average molecular weight is 323 g/mol. The fourth-order valence-electron chi connectivity index (χ4n) is 2.97. The van der Waals surface area contributed by atoms with E-state index in [1.807, 2.05) is 6.92 Å². The molecule has 1 amide bonds. The van der Waals surface area contributed by atoms with Crippen molar-refractivity contribution in [3.63, 3.8) is 0 Å². The van der Waals surface area contributed by atoms with Gasteiger partial charge in [-0.15, -0.1) is 0 Å². The Hall–Kier alpha value is -1.66. The summed E-state index contributed by atoms with van der Waals surface area (Å²) in [6.07, 6.45) is 1.14. The molecule has 1 aromatic rings. The number of halogens is 1. The van der Waals surface area contributed by atoms with E-state index < -0.39 is 11.9 Å². The molecule has 1 saturated carbocycles. The van der Waals surface area contributed by atoms with Crippen molar-refractivity contribution in [1.82, 2.24) is 4.90 Å². The molecule has 6 heteroatoms. The molecule has 23 heavy (non-hydrogen) atoms. The molecule has 1 saturated heterocycles. The summed E-state index contributed by atoms with van der Waals surface area (Å²) in [7, 11) is 0. The van der Waals surface area contributed by atoms with Crippen LogP contribution in [-0.2, 0) is 9.53 Å². The number of nitrogens with zero attached hydrogens (tertiary/aromatic N) is 1. The second-order valence-electron chi connectivity index (χ2n) is 6.23. The van der Waals surface area contributed by atoms with E-state index in [4.69, 9.17) is 9.47 Å². The molecular weight excluding hydrogens is 301 g/mol. The van der Waals surface area contributed by atoms with E-state index in [9.17, 15) is 14.3 Å². The highest BCUT2D eigenvalue weighted by Crippen LogP contribution is 2.45. The molecule has 1 heterocycles. The molecule has 2 atom stereocenters. The zero-order valence-electron chi connectivity index (χ0n) is 13.2. The van der Waals surface area contributed by atoms with Crippen molar-refractivity contribution in [2.24, 2.45) is 0 Å². The maximum atomic E-state index is 13.8. The summed E-state index contributed by atoms with van der Waals surface area (Å²) >= 11 is 0. The monoisotopic (exact) mass is 323 g/mol. The molecule has 1 aliphatic heterocycles. The number of para-hydroxylation sites is 1. The molecule has 126 valence electrons. The van der Waals surface area contributed by atoms with Crippen LogP contribution in [-0.4, -0.2) is 53.4 Å². The summed E-state index contributed by atoms with van der Waals surface area (Å²) in [4.78, 5) is 14.7. The van der Waals surface area contributed by atoms with E-state index in [1.54, 1.807) is 17.0 Å². The van der Waals surface area contributed by atoms with Crippen molar-refractivity contribution in [3.8, 4) is 5.75 Å². The lowest BCUT2D eigenvalue weighted by Crippen LogP contribution is -2.58. The second kappa shape index (κ2) is 6.45. The molecule has 1 spiro atoms. The highest BCUT2D eigenvalue weighted by Gasteiger charge is 2.54. The number of ether oxygens (including phenoxy) is 2. The summed E-state index contributed by atoms with van der Waals surface area (Å²) in [5.41, 5.74) is -0.255. The summed E-state index contributed by atoms with van der Waals surface area (Å²) in [5, 5.41) is 9.30. The lowest BCUT2D eigenvalue weighted by Gasteiger charge is -2.41. The van der Waals surface area contributed by atoms with Crippen LogP contribution < -0.4 is 4.74 Å². The number of carbonyl (C=O) groups excluding carboxylic acids is 1. The molecule has 1 aliphatic carbocycles. The summed E-state index contributed by atoms with van der Waals surface area (Å²) < 4.78 is 25.0. The third-order valence-electron chi connectivity index (χ3n) is 4.60. The Kier molecular flexibility index (Phi) is 4.55. The van der Waals surface area contributed by atoms with Gasteiger partial charge in [-0.2, -0.15) is 0 Å². The Balaban J connectivity index is 1.75. The number of amides is 1. The summed E-state index contributed by atoms with van der Waals surface area (Å²) in [6.45, 7) is 2.52. The van der Waals surface area contributed by atoms with Crippen molar-refractivity contribution in [1.29, 1.82) is 0 Å². The first kappa shape index (κ1) is 16.2. The van der Waals surface area contributed by atoms with Gasteiger partial charge in [-0.25, -0.2) is 4.39 Å². The Labute approximate surface area is 135 Å². The van der Waals surface area contributed by atoms with Crippen LogP contribution in [0.2, 0.25) is 0 Å². The summed E-state index contributed by atoms with van der Waals surface area (Å²) in [6, 6.07) is 6.09. The Bertz CT molecular complexity index is 575. The molecule has 1 N–H and O–H groups in total. The van der Waals surface area contributed by atoms with E-state index in [1.165, 1.54) is 12.1 Å². The Morgan fingerprint density at radius 3 is 2.87 bits per heavy atom. The quantitative estimate of drug-likeness (QED) is 0.897. The van der Waals surface area contributed by atoms with Gasteiger partial charge in [0.15, 0.2) is 17.7 Å². The van der Waals surface area contributed by atoms with Crippen LogP contribution in [0.3, 0.4) is 0 Å². The first-order chi connectivity index (χ1) is 11.1. The first-order valence-corrected chi connectivity index (χ1v) is 8.05. The van der Waals surface area contributed by atoms with Crippen LogP contribution in [0.4, 0.5) is 4.39 Å². The lowest BCUT2D eigenvalue weighted by molar-refractivity contribution is -0.157. The van der Waals surface area contributed by atoms with Gasteiger partial charge in [0, 0.05) is 6.54 Å². The van der Waals surface area contributed by atoms with Crippen molar-refractivity contribution in [2.75, 3.05) is 19.8 Å². The maximum absolute atomic E-state index is 13.8. The van der Waals surface area contributed by atoms with Gasteiger partial charge in [-0.1, -0.05) is 19.1 Å². The van der Waals surface area contributed by atoms with E-state index in [2.05, 4.69) is 0 Å². The minimum atomic E-state index is -0.734. The highest BCUT2D eigenvalue weighted by molar-refractivity contribution is 5.82. The minimum Gasteiger partial charge on any atom is -0.478 e. The predicted octanol–water partition coefficient (Wildman–Crippen LogP) is 1.74. The van der Waals surface area contributed by atoms with Crippen LogP contribution in [0, 0.1) is 5.82 Å². The van der Waals surface area contributed by atoms with E-state index in [0.29, 0.717) is 19.6 Å². The van der Waals surface area contributed by atoms with Crippen molar-refractivity contribution >= 4 is 5.91 Å². The molecule has 2 unspecified atom stereocenters. The second-order valence-corrected chi connectivity index (χ2v) is 6.23. The van der Waals surface area contributed by atoms with Gasteiger partial charge in [-0.05, 0) is 31.4 Å². The third kappa shape index (κ3) is 3.19. The standard InChI is InChI=1S/C17H22FNO4/c1-2-14(23-15-6-4-3-5-13(15)18)16(21)19-9-12(10-20)22-11-17(19)7-8-17/h3-6,12,14,20H,2,7-11H2,1H3. The highest BCUT2D eigenvalue weighted by atomic mass is 19.1. The predicted molar refractivity (Wildman–Crippen MR) is 81.6 cm³/mol. The van der Waals surface area contributed by atoms with Crippen molar-refractivity contribution in [3.05, 3.63) is 30.1 Å². The van der Waals surface area contributed by atoms with Crippen LogP contribution in [0.1, 0.15) is 26.2 Å². The van der Waals surface area contributed by atoms with Gasteiger partial charge in [0.2, 0.25) is 0 Å². The molecule has 5 nitrogen and oxygen atoms in total. The maximum Gasteiger partial charge on any atom is 0.264 e. The number of morpholine rings is 1. The Morgan fingerprint density at radius 2 is 2.26 bits per heavy atom. The average Bonchev–Trinajstić information content (AvgIpc) is 3.34. The smallest absolute Gasteiger partial charge is 0.264 e. The molecule has 0 aromatic heterocycles. The summed E-state index contributed by atoms with van der Waals surface area (Å²) in [5.74, 6) is -0.547. The van der Waals surface area contributed by atoms with E-state index >= 15 is 0 Å². The van der Waals surface area contributed by atoms with Gasteiger partial charge < -0.3 is 19.5 Å². The fourth-order valence-corrected chi connectivity index (χ4v) is 2.97. The minimum absolute atomic E-state index is 0.0875. The van der Waals surface area contributed by atoms with Crippen molar-refractivity contribution in [2.45, 2.75) is 43.9 Å². The molecule has 2 fully saturated rings. The van der Waals surface area contributed by atoms with Crippen LogP contribution in [0.15, 0.2) is 24.3 Å². The van der Waals surface area contributed by atoms with E-state index in [-0.39, 0.29) is 29.9 Å². The molecule has 0 radical (unpaired) electrons. The largest absolute Gasteiger partial charge is 0.478 e. The van der Waals surface area contributed by atoms with Crippen LogP contribution in [0.5, 0.6) is 5.75 Å². The fraction of sp³-hybridized carbons (Fsp3) is 0.588. The SMILES string of the molecule is CCC(Oc1ccccc1F)C(=O)N1CC(CO)OCC12CC2. The van der Waals surface area contributed by atoms with Crippen LogP contribution >= 0.6 is 0 Å². The van der Waals surface area contributed by atoms with E-state index in [0.717, 1.165) is 12.8 Å². The number of hydrogen-bond acceptors (Lipinski definition) is 4. The van der Waals surface area contributed by atoms with Gasteiger partial charge in [0.25, 0.3) is 5.91 Å². The number of aliphatic hydroxyl groups is 1. The van der Waals surface area contributed by atoms with Gasteiger partial charge in [0.05, 0.1) is 24.9 Å². The first-order valence-electron chi connectivity index (χ1n) is 8.05. The zero-order valence-corrected chi connectivity index (χ0v) is 13.2. The Morgan fingerprint density at radius 1 is 1.52 bits per heavy atom. The molecule has 2 aliphatic rings. The normalized spacial score (nSPS) is 23.6. The topological polar surface area (TPSA) is 59.0 Å². The van der Waals surface area contributed by atoms with Gasteiger partial charge in [-0.3, -0.25) is 4.79 Å². The van der Waals surface area contributed by atoms with Gasteiger partial charge >= 0.3 is 0 Å². The number of carbonyl (C=O) groups is 1. The number of rotatable bonds is 5. The molecular formula is C17H22FNO4. The third-order valence-corrected chi connectivity index (χ3v) is 4.60.